The van der Waals surface area contributed by atoms with Crippen molar-refractivity contribution in [2.45, 2.75) is 45.6 Å². The largest absolute Gasteiger partial charge is 0.373 e. The lowest BCUT2D eigenvalue weighted by Crippen LogP contribution is -2.30. The van der Waals surface area contributed by atoms with Gasteiger partial charge in [-0.2, -0.15) is 0 Å². The first kappa shape index (κ1) is 13.2. The van der Waals surface area contributed by atoms with Crippen molar-refractivity contribution >= 4 is 5.78 Å². The maximum Gasteiger partial charge on any atom is 0.162 e. The highest BCUT2D eigenvalue weighted by Gasteiger charge is 2.28. The first-order valence-corrected chi connectivity index (χ1v) is 6.11. The van der Waals surface area contributed by atoms with Gasteiger partial charge in [0.25, 0.3) is 0 Å². The third kappa shape index (κ3) is 3.31. The Morgan fingerprint density at radius 3 is 2.75 bits per heavy atom. The van der Waals surface area contributed by atoms with Crippen LogP contribution >= 0.6 is 0 Å². The van der Waals surface area contributed by atoms with Gasteiger partial charge in [0, 0.05) is 19.4 Å². The summed E-state index contributed by atoms with van der Waals surface area (Å²) < 4.78 is 5.36. The molecule has 16 heavy (non-hydrogen) atoms. The quantitative estimate of drug-likeness (QED) is 0.618. The predicted molar refractivity (Wildman–Crippen MR) is 66.3 cm³/mol. The van der Waals surface area contributed by atoms with Crippen LogP contribution in [0.4, 0.5) is 0 Å². The van der Waals surface area contributed by atoms with E-state index in [1.165, 1.54) is 5.57 Å². The van der Waals surface area contributed by atoms with Crippen LogP contribution in [0, 0.1) is 5.92 Å². The topological polar surface area (TPSA) is 26.3 Å². The molecule has 0 bridgehead atoms. The molecule has 2 unspecified atom stereocenters. The third-order valence-corrected chi connectivity index (χ3v) is 3.13. The molecule has 0 saturated carbocycles. The lowest BCUT2D eigenvalue weighted by Gasteiger charge is -2.21. The summed E-state index contributed by atoms with van der Waals surface area (Å²) in [6.07, 6.45) is 9.72. The van der Waals surface area contributed by atoms with E-state index in [1.807, 2.05) is 6.08 Å². The van der Waals surface area contributed by atoms with Crippen LogP contribution in [0.5, 0.6) is 0 Å². The summed E-state index contributed by atoms with van der Waals surface area (Å²) in [4.78, 5) is 12.0. The number of unbranched alkanes of at least 4 members (excludes halogenated alkanes) is 2. The number of carbonyl (C=O) groups is 1. The van der Waals surface area contributed by atoms with Crippen LogP contribution in [0.3, 0.4) is 0 Å². The summed E-state index contributed by atoms with van der Waals surface area (Å²) in [6.45, 7) is 4.20. The molecular formula is C14H22O2. The van der Waals surface area contributed by atoms with Crippen molar-refractivity contribution in [3.63, 3.8) is 0 Å². The van der Waals surface area contributed by atoms with Crippen LogP contribution in [0.1, 0.15) is 39.5 Å². The maximum absolute atomic E-state index is 12.0. The summed E-state index contributed by atoms with van der Waals surface area (Å²) in [5.74, 6) is 0.388. The molecule has 1 aliphatic rings. The molecule has 0 aliphatic heterocycles. The number of ketones is 1. The van der Waals surface area contributed by atoms with Crippen LogP contribution in [0.2, 0.25) is 0 Å². The Hall–Kier alpha value is -0.890. The molecule has 0 amide bonds. The van der Waals surface area contributed by atoms with E-state index in [0.29, 0.717) is 6.42 Å². The summed E-state index contributed by atoms with van der Waals surface area (Å²) >= 11 is 0. The fourth-order valence-corrected chi connectivity index (χ4v) is 2.10. The summed E-state index contributed by atoms with van der Waals surface area (Å²) in [7, 11) is 1.63. The van der Waals surface area contributed by atoms with Crippen LogP contribution in [-0.4, -0.2) is 19.0 Å². The molecule has 0 spiro atoms. The summed E-state index contributed by atoms with van der Waals surface area (Å²) in [6, 6.07) is 0. The Balaban J connectivity index is 2.50. The molecular weight excluding hydrogens is 200 g/mol. The zero-order valence-electron chi connectivity index (χ0n) is 10.5. The van der Waals surface area contributed by atoms with Gasteiger partial charge >= 0.3 is 0 Å². The monoisotopic (exact) mass is 222 g/mol. The average Bonchev–Trinajstić information content (AvgIpc) is 2.67. The van der Waals surface area contributed by atoms with Gasteiger partial charge in [-0.25, -0.2) is 0 Å². The molecule has 2 nitrogen and oxygen atoms in total. The van der Waals surface area contributed by atoms with Gasteiger partial charge in [-0.15, -0.1) is 0 Å². The number of hydrogen-bond acceptors (Lipinski definition) is 2. The lowest BCUT2D eigenvalue weighted by atomic mass is 9.92. The SMILES string of the molecule is CCCCCC(=O)C(OC)C1C=CC=C1C. The molecule has 0 fully saturated rings. The van der Waals surface area contributed by atoms with Gasteiger partial charge in [-0.05, 0) is 13.3 Å². The molecule has 0 aromatic rings. The number of rotatable bonds is 7. The van der Waals surface area contributed by atoms with Gasteiger partial charge in [-0.1, -0.05) is 43.6 Å². The van der Waals surface area contributed by atoms with Gasteiger partial charge in [0.2, 0.25) is 0 Å². The van der Waals surface area contributed by atoms with Crippen molar-refractivity contribution in [1.29, 1.82) is 0 Å². The van der Waals surface area contributed by atoms with Crippen LogP contribution in [0.25, 0.3) is 0 Å². The zero-order chi connectivity index (χ0) is 12.0. The van der Waals surface area contributed by atoms with Crippen molar-refractivity contribution < 1.29 is 9.53 Å². The van der Waals surface area contributed by atoms with Crippen LogP contribution < -0.4 is 0 Å². The molecule has 0 heterocycles. The van der Waals surface area contributed by atoms with Crippen molar-refractivity contribution in [2.75, 3.05) is 7.11 Å². The maximum atomic E-state index is 12.0. The number of ether oxygens (including phenoxy) is 1. The first-order chi connectivity index (χ1) is 7.70. The Bertz CT molecular complexity index is 289. The minimum absolute atomic E-state index is 0.152. The molecule has 1 aliphatic carbocycles. The van der Waals surface area contributed by atoms with E-state index in [2.05, 4.69) is 26.0 Å². The molecule has 0 aromatic heterocycles. The molecule has 90 valence electrons. The van der Waals surface area contributed by atoms with E-state index < -0.39 is 0 Å². The molecule has 0 radical (unpaired) electrons. The highest BCUT2D eigenvalue weighted by Crippen LogP contribution is 2.25. The van der Waals surface area contributed by atoms with Gasteiger partial charge in [0.1, 0.15) is 6.10 Å². The van der Waals surface area contributed by atoms with Crippen molar-refractivity contribution in [2.24, 2.45) is 5.92 Å². The second-order valence-electron chi connectivity index (χ2n) is 4.40. The number of methoxy groups -OCH3 is 1. The molecule has 0 N–H and O–H groups in total. The Morgan fingerprint density at radius 2 is 2.25 bits per heavy atom. The lowest BCUT2D eigenvalue weighted by molar-refractivity contribution is -0.130. The predicted octanol–water partition coefficient (Wildman–Crippen LogP) is 3.28. The van der Waals surface area contributed by atoms with E-state index in [9.17, 15) is 4.79 Å². The van der Waals surface area contributed by atoms with E-state index >= 15 is 0 Å². The summed E-state index contributed by atoms with van der Waals surface area (Å²) in [5, 5.41) is 0. The van der Waals surface area contributed by atoms with Crippen molar-refractivity contribution in [3.8, 4) is 0 Å². The molecule has 2 atom stereocenters. The van der Waals surface area contributed by atoms with E-state index in [1.54, 1.807) is 7.11 Å². The van der Waals surface area contributed by atoms with Gasteiger partial charge in [0.15, 0.2) is 5.78 Å². The van der Waals surface area contributed by atoms with E-state index in [-0.39, 0.29) is 17.8 Å². The van der Waals surface area contributed by atoms with Crippen molar-refractivity contribution in [1.82, 2.24) is 0 Å². The van der Waals surface area contributed by atoms with Crippen LogP contribution in [0.15, 0.2) is 23.8 Å². The second kappa shape index (κ2) is 6.64. The zero-order valence-corrected chi connectivity index (χ0v) is 10.5. The highest BCUT2D eigenvalue weighted by atomic mass is 16.5. The smallest absolute Gasteiger partial charge is 0.162 e. The van der Waals surface area contributed by atoms with Crippen molar-refractivity contribution in [3.05, 3.63) is 23.8 Å². The van der Waals surface area contributed by atoms with Gasteiger partial charge in [-0.3, -0.25) is 4.79 Å². The average molecular weight is 222 g/mol. The van der Waals surface area contributed by atoms with Gasteiger partial charge < -0.3 is 4.74 Å². The minimum Gasteiger partial charge on any atom is -0.373 e. The fraction of sp³-hybridized carbons (Fsp3) is 0.643. The molecule has 1 rings (SSSR count). The van der Waals surface area contributed by atoms with Crippen LogP contribution in [-0.2, 0) is 9.53 Å². The number of allylic oxidation sites excluding steroid dienone is 2. The highest BCUT2D eigenvalue weighted by molar-refractivity contribution is 5.84. The second-order valence-corrected chi connectivity index (χ2v) is 4.40. The van der Waals surface area contributed by atoms with E-state index in [0.717, 1.165) is 19.3 Å². The van der Waals surface area contributed by atoms with E-state index in [4.69, 9.17) is 4.74 Å². The molecule has 0 aromatic carbocycles. The number of carbonyl (C=O) groups excluding carboxylic acids is 1. The number of Topliss-reactive ketones (excluding diaryl/α,β-unsaturated/α-hetero) is 1. The fourth-order valence-electron chi connectivity index (χ4n) is 2.10. The Labute approximate surface area is 98.4 Å². The third-order valence-electron chi connectivity index (χ3n) is 3.13. The Morgan fingerprint density at radius 1 is 1.50 bits per heavy atom. The Kier molecular flexibility index (Phi) is 5.47. The normalized spacial score (nSPS) is 20.9. The molecule has 0 saturated heterocycles. The number of hydrogen-bond donors (Lipinski definition) is 0. The first-order valence-electron chi connectivity index (χ1n) is 6.11. The standard InChI is InChI=1S/C14H22O2/c1-4-5-6-10-13(15)14(16-3)12-9-7-8-11(12)2/h7-9,12,14H,4-6,10H2,1-3H3. The summed E-state index contributed by atoms with van der Waals surface area (Å²) in [5.41, 5.74) is 1.22. The van der Waals surface area contributed by atoms with Gasteiger partial charge in [0.05, 0.1) is 0 Å². The molecule has 2 heteroatoms. The minimum atomic E-state index is -0.285.